The highest BCUT2D eigenvalue weighted by Gasteiger charge is 2.29. The highest BCUT2D eigenvalue weighted by atomic mass is 16.2. The second-order valence-corrected chi connectivity index (χ2v) is 8.49. The Hall–Kier alpha value is -2.37. The molecule has 1 saturated heterocycles. The lowest BCUT2D eigenvalue weighted by Gasteiger charge is -2.28. The molecule has 1 fully saturated rings. The Morgan fingerprint density at radius 3 is 2.48 bits per heavy atom. The Kier molecular flexibility index (Phi) is 5.53. The first kappa shape index (κ1) is 19.4. The Morgan fingerprint density at radius 2 is 1.74 bits per heavy atom. The fourth-order valence-electron chi connectivity index (χ4n) is 3.68. The molecule has 6 heteroatoms. The molecule has 2 aliphatic heterocycles. The number of aryl methyl sites for hydroxylation is 1. The van der Waals surface area contributed by atoms with Crippen LogP contribution < -0.4 is 5.32 Å². The summed E-state index contributed by atoms with van der Waals surface area (Å²) in [4.78, 5) is 40.5. The Balaban J connectivity index is 1.60. The van der Waals surface area contributed by atoms with Crippen LogP contribution in [-0.2, 0) is 27.2 Å². The molecule has 0 aliphatic carbocycles. The largest absolute Gasteiger partial charge is 0.341 e. The standard InChI is InChI=1S/C21H29N3O3/c1-21(2,3)20(27)24-10-4-9-23(11-12-24)19(26)14-15-5-7-17-16(13-15)6-8-18(25)22-17/h5,7,13H,4,6,8-12,14H2,1-3H3,(H,22,25). The zero-order chi connectivity index (χ0) is 19.6. The maximum atomic E-state index is 12.8. The van der Waals surface area contributed by atoms with Gasteiger partial charge < -0.3 is 15.1 Å². The summed E-state index contributed by atoms with van der Waals surface area (Å²) in [6.45, 7) is 8.37. The molecular weight excluding hydrogens is 342 g/mol. The SMILES string of the molecule is CC(C)(C)C(=O)N1CCCN(C(=O)Cc2ccc3c(c2)CCC(=O)N3)CC1. The molecule has 146 valence electrons. The van der Waals surface area contributed by atoms with Crippen LogP contribution in [0.25, 0.3) is 0 Å². The number of hydrogen-bond acceptors (Lipinski definition) is 3. The van der Waals surface area contributed by atoms with Crippen LogP contribution in [0.5, 0.6) is 0 Å². The molecule has 6 nitrogen and oxygen atoms in total. The minimum absolute atomic E-state index is 0.0465. The molecule has 0 unspecified atom stereocenters. The summed E-state index contributed by atoms with van der Waals surface area (Å²) in [5, 5.41) is 2.87. The first-order chi connectivity index (χ1) is 12.7. The van der Waals surface area contributed by atoms with Crippen LogP contribution in [0, 0.1) is 5.41 Å². The van der Waals surface area contributed by atoms with Gasteiger partial charge in [0.25, 0.3) is 0 Å². The van der Waals surface area contributed by atoms with E-state index in [9.17, 15) is 14.4 Å². The lowest BCUT2D eigenvalue weighted by atomic mass is 9.94. The van der Waals surface area contributed by atoms with E-state index in [1.807, 2.05) is 48.8 Å². The number of anilines is 1. The summed E-state index contributed by atoms with van der Waals surface area (Å²) in [7, 11) is 0. The average Bonchev–Trinajstić information content (AvgIpc) is 2.86. The summed E-state index contributed by atoms with van der Waals surface area (Å²) >= 11 is 0. The first-order valence-corrected chi connectivity index (χ1v) is 9.73. The van der Waals surface area contributed by atoms with E-state index in [0.29, 0.717) is 39.0 Å². The van der Waals surface area contributed by atoms with Crippen molar-refractivity contribution in [2.24, 2.45) is 5.41 Å². The van der Waals surface area contributed by atoms with Crippen molar-refractivity contribution < 1.29 is 14.4 Å². The van der Waals surface area contributed by atoms with Gasteiger partial charge in [-0.15, -0.1) is 0 Å². The molecule has 0 atom stereocenters. The van der Waals surface area contributed by atoms with Crippen molar-refractivity contribution in [1.82, 2.24) is 9.80 Å². The average molecular weight is 371 g/mol. The van der Waals surface area contributed by atoms with E-state index in [2.05, 4.69) is 5.32 Å². The Bertz CT molecular complexity index is 752. The van der Waals surface area contributed by atoms with Gasteiger partial charge in [-0.1, -0.05) is 32.9 Å². The van der Waals surface area contributed by atoms with Gasteiger partial charge in [-0.2, -0.15) is 0 Å². The van der Waals surface area contributed by atoms with Gasteiger partial charge in [-0.25, -0.2) is 0 Å². The van der Waals surface area contributed by atoms with Crippen molar-refractivity contribution in [3.63, 3.8) is 0 Å². The summed E-state index contributed by atoms with van der Waals surface area (Å²) in [5.74, 6) is 0.290. The Morgan fingerprint density at radius 1 is 1.04 bits per heavy atom. The molecule has 1 aromatic rings. The van der Waals surface area contributed by atoms with E-state index in [1.165, 1.54) is 0 Å². The second-order valence-electron chi connectivity index (χ2n) is 8.49. The molecule has 0 spiro atoms. The number of carbonyl (C=O) groups excluding carboxylic acids is 3. The predicted molar refractivity (Wildman–Crippen MR) is 104 cm³/mol. The fraction of sp³-hybridized carbons (Fsp3) is 0.571. The normalized spacial score (nSPS) is 17.8. The molecule has 1 N–H and O–H groups in total. The number of amides is 3. The van der Waals surface area contributed by atoms with Crippen LogP contribution in [0.2, 0.25) is 0 Å². The number of nitrogens with zero attached hydrogens (tertiary/aromatic N) is 2. The third-order valence-corrected chi connectivity index (χ3v) is 5.20. The second kappa shape index (κ2) is 7.71. The van der Waals surface area contributed by atoms with Gasteiger partial charge in [-0.05, 0) is 30.0 Å². The minimum Gasteiger partial charge on any atom is -0.341 e. The highest BCUT2D eigenvalue weighted by Crippen LogP contribution is 2.24. The third kappa shape index (κ3) is 4.67. The first-order valence-electron chi connectivity index (χ1n) is 9.73. The lowest BCUT2D eigenvalue weighted by Crippen LogP contribution is -2.42. The number of rotatable bonds is 2. The van der Waals surface area contributed by atoms with Crippen molar-refractivity contribution in [2.75, 3.05) is 31.5 Å². The lowest BCUT2D eigenvalue weighted by molar-refractivity contribution is -0.139. The molecule has 2 aliphatic rings. The summed E-state index contributed by atoms with van der Waals surface area (Å²) in [6, 6.07) is 5.83. The van der Waals surface area contributed by atoms with E-state index >= 15 is 0 Å². The van der Waals surface area contributed by atoms with Crippen molar-refractivity contribution in [1.29, 1.82) is 0 Å². The van der Waals surface area contributed by atoms with Gasteiger partial charge in [0.05, 0.1) is 6.42 Å². The van der Waals surface area contributed by atoms with Gasteiger partial charge in [0.1, 0.15) is 0 Å². The molecule has 3 rings (SSSR count). The number of benzene rings is 1. The van der Waals surface area contributed by atoms with E-state index < -0.39 is 5.41 Å². The molecular formula is C21H29N3O3. The molecule has 0 saturated carbocycles. The molecule has 0 bridgehead atoms. The van der Waals surface area contributed by atoms with E-state index in [-0.39, 0.29) is 17.7 Å². The van der Waals surface area contributed by atoms with Crippen LogP contribution in [0.15, 0.2) is 18.2 Å². The zero-order valence-electron chi connectivity index (χ0n) is 16.5. The predicted octanol–water partition coefficient (Wildman–Crippen LogP) is 2.22. The fourth-order valence-corrected chi connectivity index (χ4v) is 3.68. The van der Waals surface area contributed by atoms with E-state index in [0.717, 1.165) is 29.7 Å². The van der Waals surface area contributed by atoms with Crippen LogP contribution in [-0.4, -0.2) is 53.7 Å². The number of fused-ring (bicyclic) bond motifs is 1. The maximum Gasteiger partial charge on any atom is 0.228 e. The highest BCUT2D eigenvalue weighted by molar-refractivity contribution is 5.94. The van der Waals surface area contributed by atoms with Gasteiger partial charge in [-0.3, -0.25) is 14.4 Å². The molecule has 1 aromatic carbocycles. The van der Waals surface area contributed by atoms with Gasteiger partial charge in [0, 0.05) is 43.7 Å². The van der Waals surface area contributed by atoms with Crippen LogP contribution >= 0.6 is 0 Å². The minimum atomic E-state index is -0.391. The van der Waals surface area contributed by atoms with Crippen molar-refractivity contribution >= 4 is 23.4 Å². The monoisotopic (exact) mass is 371 g/mol. The molecule has 3 amide bonds. The van der Waals surface area contributed by atoms with Crippen molar-refractivity contribution in [2.45, 2.75) is 46.5 Å². The van der Waals surface area contributed by atoms with E-state index in [1.54, 1.807) is 0 Å². The van der Waals surface area contributed by atoms with E-state index in [4.69, 9.17) is 0 Å². The third-order valence-electron chi connectivity index (χ3n) is 5.20. The molecule has 0 radical (unpaired) electrons. The van der Waals surface area contributed by atoms with Gasteiger partial charge in [0.15, 0.2) is 0 Å². The zero-order valence-corrected chi connectivity index (χ0v) is 16.5. The van der Waals surface area contributed by atoms with Gasteiger partial charge >= 0.3 is 0 Å². The van der Waals surface area contributed by atoms with Crippen molar-refractivity contribution in [3.8, 4) is 0 Å². The molecule has 27 heavy (non-hydrogen) atoms. The Labute approximate surface area is 160 Å². The number of nitrogens with one attached hydrogen (secondary N) is 1. The van der Waals surface area contributed by atoms with Crippen LogP contribution in [0.4, 0.5) is 5.69 Å². The smallest absolute Gasteiger partial charge is 0.228 e. The van der Waals surface area contributed by atoms with Crippen molar-refractivity contribution in [3.05, 3.63) is 29.3 Å². The summed E-state index contributed by atoms with van der Waals surface area (Å²) in [5.41, 5.74) is 2.53. The van der Waals surface area contributed by atoms with Crippen LogP contribution in [0.3, 0.4) is 0 Å². The molecule has 2 heterocycles. The number of carbonyl (C=O) groups is 3. The van der Waals surface area contributed by atoms with Gasteiger partial charge in [0.2, 0.25) is 17.7 Å². The maximum absolute atomic E-state index is 12.8. The molecule has 0 aromatic heterocycles. The topological polar surface area (TPSA) is 69.7 Å². The summed E-state index contributed by atoms with van der Waals surface area (Å²) < 4.78 is 0. The summed E-state index contributed by atoms with van der Waals surface area (Å²) in [6.07, 6.45) is 2.38. The number of hydrogen-bond donors (Lipinski definition) is 1. The van der Waals surface area contributed by atoms with Crippen LogP contribution in [0.1, 0.15) is 44.7 Å². The quantitative estimate of drug-likeness (QED) is 0.867.